The molecular formula is C20H23N2O+. The molecule has 5 unspecified atom stereocenters. The summed E-state index contributed by atoms with van der Waals surface area (Å²) in [6.07, 6.45) is 6.65. The average molecular weight is 307 g/mol. The summed E-state index contributed by atoms with van der Waals surface area (Å²) in [5.41, 5.74) is 2.70. The molecule has 0 amide bonds. The van der Waals surface area contributed by atoms with Crippen LogP contribution in [0.15, 0.2) is 34.8 Å². The van der Waals surface area contributed by atoms with Crippen LogP contribution in [0, 0.1) is 5.41 Å². The van der Waals surface area contributed by atoms with E-state index in [0.29, 0.717) is 6.17 Å². The van der Waals surface area contributed by atoms with Crippen molar-refractivity contribution < 1.29 is 8.90 Å². The highest BCUT2D eigenvalue weighted by atomic mass is 16.3. The minimum absolute atomic E-state index is 0.0988. The Morgan fingerprint density at radius 2 is 2.13 bits per heavy atom. The molecule has 2 aliphatic heterocycles. The molecule has 118 valence electrons. The second-order valence-corrected chi connectivity index (χ2v) is 8.55. The van der Waals surface area contributed by atoms with Crippen LogP contribution in [0.5, 0.6) is 0 Å². The van der Waals surface area contributed by atoms with Gasteiger partial charge in [0, 0.05) is 16.4 Å². The molecule has 0 radical (unpaired) electrons. The molecule has 2 saturated heterocycles. The van der Waals surface area contributed by atoms with Gasteiger partial charge in [0.15, 0.2) is 12.2 Å². The summed E-state index contributed by atoms with van der Waals surface area (Å²) in [5.74, 6) is 1.23. The molecule has 2 aromatic rings. The minimum atomic E-state index is 0.0988. The SMILES string of the molecule is CC1C2N(C34CC3(C)C=Cc3c4oc4ccccc34)CC[N+]12C. The number of piperazine rings is 1. The molecule has 1 aromatic heterocycles. The van der Waals surface area contributed by atoms with Crippen LogP contribution in [-0.2, 0) is 5.54 Å². The Morgan fingerprint density at radius 3 is 2.91 bits per heavy atom. The van der Waals surface area contributed by atoms with Gasteiger partial charge in [-0.15, -0.1) is 0 Å². The van der Waals surface area contributed by atoms with Crippen LogP contribution in [-0.4, -0.2) is 41.7 Å². The molecule has 2 aliphatic carbocycles. The van der Waals surface area contributed by atoms with E-state index < -0.39 is 0 Å². The third kappa shape index (κ3) is 1.19. The Bertz CT molecular complexity index is 898. The van der Waals surface area contributed by atoms with E-state index in [-0.39, 0.29) is 11.0 Å². The highest BCUT2D eigenvalue weighted by Gasteiger charge is 2.80. The number of quaternary nitrogens is 1. The lowest BCUT2D eigenvalue weighted by atomic mass is 9.89. The van der Waals surface area contributed by atoms with Gasteiger partial charge in [-0.25, -0.2) is 4.90 Å². The molecular weight excluding hydrogens is 284 g/mol. The largest absolute Gasteiger partial charge is 0.458 e. The first kappa shape index (κ1) is 12.8. The fourth-order valence-corrected chi connectivity index (χ4v) is 5.85. The van der Waals surface area contributed by atoms with Crippen LogP contribution in [0.2, 0.25) is 0 Å². The molecule has 1 saturated carbocycles. The van der Waals surface area contributed by atoms with E-state index in [1.54, 1.807) is 0 Å². The molecule has 4 aliphatic rings. The first-order chi connectivity index (χ1) is 11.0. The molecule has 3 fully saturated rings. The first-order valence-electron chi connectivity index (χ1n) is 8.84. The van der Waals surface area contributed by atoms with Crippen molar-refractivity contribution in [3.8, 4) is 0 Å². The summed E-state index contributed by atoms with van der Waals surface area (Å²) in [6.45, 7) is 7.30. The lowest BCUT2D eigenvalue weighted by Gasteiger charge is -2.31. The summed E-state index contributed by atoms with van der Waals surface area (Å²) in [7, 11) is 2.42. The van der Waals surface area contributed by atoms with Gasteiger partial charge in [0.1, 0.15) is 11.3 Å². The fraction of sp³-hybridized carbons (Fsp3) is 0.500. The maximum atomic E-state index is 6.46. The molecule has 0 N–H and O–H groups in total. The van der Waals surface area contributed by atoms with Crippen molar-refractivity contribution in [1.29, 1.82) is 0 Å². The second-order valence-electron chi connectivity index (χ2n) is 8.55. The van der Waals surface area contributed by atoms with Crippen molar-refractivity contribution in [3.05, 3.63) is 41.7 Å². The van der Waals surface area contributed by atoms with Crippen molar-refractivity contribution in [3.63, 3.8) is 0 Å². The van der Waals surface area contributed by atoms with Crippen LogP contribution < -0.4 is 0 Å². The van der Waals surface area contributed by atoms with Crippen molar-refractivity contribution in [2.24, 2.45) is 5.41 Å². The van der Waals surface area contributed by atoms with Gasteiger partial charge >= 0.3 is 0 Å². The van der Waals surface area contributed by atoms with Gasteiger partial charge in [0.05, 0.1) is 25.7 Å². The number of furan rings is 1. The average Bonchev–Trinajstić information content (AvgIpc) is 3.15. The number of fused-ring (bicyclic) bond motifs is 6. The third-order valence-corrected chi connectivity index (χ3v) is 7.58. The maximum absolute atomic E-state index is 6.46. The number of hydrogen-bond acceptors (Lipinski definition) is 2. The molecule has 23 heavy (non-hydrogen) atoms. The monoisotopic (exact) mass is 307 g/mol. The summed E-state index contributed by atoms with van der Waals surface area (Å²) in [6, 6.07) is 9.27. The highest BCUT2D eigenvalue weighted by molar-refractivity contribution is 5.90. The van der Waals surface area contributed by atoms with Gasteiger partial charge in [-0.1, -0.05) is 37.3 Å². The van der Waals surface area contributed by atoms with E-state index in [1.807, 2.05) is 0 Å². The Kier molecular flexibility index (Phi) is 1.91. The van der Waals surface area contributed by atoms with Gasteiger partial charge in [0.25, 0.3) is 0 Å². The van der Waals surface area contributed by atoms with E-state index in [0.717, 1.165) is 11.6 Å². The summed E-state index contributed by atoms with van der Waals surface area (Å²) in [5, 5.41) is 1.27. The predicted molar refractivity (Wildman–Crippen MR) is 90.7 cm³/mol. The molecule has 3 heterocycles. The van der Waals surface area contributed by atoms with Crippen molar-refractivity contribution >= 4 is 17.0 Å². The molecule has 5 atom stereocenters. The van der Waals surface area contributed by atoms with E-state index in [2.05, 4.69) is 62.2 Å². The van der Waals surface area contributed by atoms with Gasteiger partial charge in [0.2, 0.25) is 0 Å². The van der Waals surface area contributed by atoms with Crippen molar-refractivity contribution in [1.82, 2.24) is 4.90 Å². The Balaban J connectivity index is 1.58. The molecule has 1 aromatic carbocycles. The van der Waals surface area contributed by atoms with E-state index in [9.17, 15) is 0 Å². The van der Waals surface area contributed by atoms with Gasteiger partial charge < -0.3 is 4.42 Å². The highest BCUT2D eigenvalue weighted by Crippen LogP contribution is 2.73. The van der Waals surface area contributed by atoms with Crippen LogP contribution in [0.4, 0.5) is 0 Å². The zero-order chi connectivity index (χ0) is 15.6. The van der Waals surface area contributed by atoms with Crippen LogP contribution in [0.3, 0.4) is 0 Å². The number of benzene rings is 1. The summed E-state index contributed by atoms with van der Waals surface area (Å²) < 4.78 is 7.69. The maximum Gasteiger partial charge on any atom is 0.199 e. The van der Waals surface area contributed by atoms with Gasteiger partial charge in [-0.05, 0) is 19.4 Å². The Morgan fingerprint density at radius 1 is 1.30 bits per heavy atom. The normalized spacial score (nSPS) is 46.6. The number of hydrogen-bond donors (Lipinski definition) is 0. The molecule has 6 rings (SSSR count). The molecule has 3 heteroatoms. The molecule has 0 spiro atoms. The number of para-hydroxylation sites is 1. The number of rotatable bonds is 1. The second kappa shape index (κ2) is 3.42. The molecule has 3 nitrogen and oxygen atoms in total. The lowest BCUT2D eigenvalue weighted by Crippen LogP contribution is -2.42. The first-order valence-corrected chi connectivity index (χ1v) is 8.84. The predicted octanol–water partition coefficient (Wildman–Crippen LogP) is 3.56. The zero-order valence-corrected chi connectivity index (χ0v) is 14.0. The van der Waals surface area contributed by atoms with Crippen molar-refractivity contribution in [2.45, 2.75) is 38.0 Å². The topological polar surface area (TPSA) is 16.4 Å². The summed E-state index contributed by atoms with van der Waals surface area (Å²) >= 11 is 0. The van der Waals surface area contributed by atoms with Gasteiger partial charge in [-0.3, -0.25) is 4.48 Å². The number of likely N-dealkylation sites (N-methyl/N-ethyl adjacent to an activating group) is 1. The summed E-state index contributed by atoms with van der Waals surface area (Å²) in [4.78, 5) is 2.79. The third-order valence-electron chi connectivity index (χ3n) is 7.58. The smallest absolute Gasteiger partial charge is 0.199 e. The zero-order valence-electron chi connectivity index (χ0n) is 14.0. The van der Waals surface area contributed by atoms with E-state index in [1.165, 1.54) is 40.7 Å². The van der Waals surface area contributed by atoms with E-state index in [4.69, 9.17) is 4.42 Å². The fourth-order valence-electron chi connectivity index (χ4n) is 5.85. The van der Waals surface area contributed by atoms with Gasteiger partial charge in [-0.2, -0.15) is 0 Å². The van der Waals surface area contributed by atoms with E-state index >= 15 is 0 Å². The lowest BCUT2D eigenvalue weighted by molar-refractivity contribution is -0.795. The standard InChI is InChI=1S/C20H23N2O/c1-13-18-21(10-11-22(13,18)3)20-12-19(20,2)9-8-15-14-6-4-5-7-16(14)23-17(15)20/h4-9,13,18H,10-12H2,1-3H3/q+1. The van der Waals surface area contributed by atoms with Crippen LogP contribution >= 0.6 is 0 Å². The van der Waals surface area contributed by atoms with Crippen LogP contribution in [0.1, 0.15) is 31.6 Å². The Labute approximate surface area is 136 Å². The van der Waals surface area contributed by atoms with Crippen molar-refractivity contribution in [2.75, 3.05) is 20.1 Å². The minimum Gasteiger partial charge on any atom is -0.458 e. The Hall–Kier alpha value is -1.58. The van der Waals surface area contributed by atoms with Crippen LogP contribution in [0.25, 0.3) is 17.0 Å². The quantitative estimate of drug-likeness (QED) is 0.592. The number of nitrogens with zero attached hydrogens (tertiary/aromatic N) is 2. The molecule has 0 bridgehead atoms.